The lowest BCUT2D eigenvalue weighted by molar-refractivity contribution is 0.0948. The van der Waals surface area contributed by atoms with Crippen LogP contribution in [0.4, 0.5) is 5.82 Å². The van der Waals surface area contributed by atoms with E-state index in [0.29, 0.717) is 17.9 Å². The molecule has 1 aromatic carbocycles. The first-order chi connectivity index (χ1) is 12.3. The molecule has 0 spiro atoms. The fourth-order valence-electron chi connectivity index (χ4n) is 2.50. The molecule has 1 amide bonds. The number of aromatic nitrogens is 1. The molecule has 5 heteroatoms. The number of carbonyl (C=O) groups is 1. The summed E-state index contributed by atoms with van der Waals surface area (Å²) in [6, 6.07) is 17.5. The summed E-state index contributed by atoms with van der Waals surface area (Å²) in [5, 5.41) is 6.10. The van der Waals surface area contributed by atoms with Gasteiger partial charge in [-0.2, -0.15) is 0 Å². The van der Waals surface area contributed by atoms with Crippen molar-refractivity contribution in [2.45, 2.75) is 19.4 Å². The van der Waals surface area contributed by atoms with E-state index in [-0.39, 0.29) is 5.91 Å². The number of nitrogens with one attached hydrogen (secondary N) is 2. The smallest absolute Gasteiger partial charge is 0.251 e. The zero-order valence-corrected chi connectivity index (χ0v) is 13.9. The number of anilines is 1. The van der Waals surface area contributed by atoms with E-state index in [4.69, 9.17) is 4.42 Å². The maximum absolute atomic E-state index is 12.2. The van der Waals surface area contributed by atoms with Crippen molar-refractivity contribution in [3.8, 4) is 0 Å². The number of hydrogen-bond donors (Lipinski definition) is 2. The molecule has 0 aliphatic carbocycles. The number of amides is 1. The van der Waals surface area contributed by atoms with Gasteiger partial charge in [0.15, 0.2) is 0 Å². The standard InChI is InChI=1S/C20H21N3O2/c24-20(23-15-18-9-5-13-25-18)17-10-12-22-19(14-17)21-11-4-8-16-6-2-1-3-7-16/h1-3,5-7,9-10,12-14H,4,8,11,15H2,(H,21,22)(H,23,24). The lowest BCUT2D eigenvalue weighted by Crippen LogP contribution is -2.22. The Kier molecular flexibility index (Phi) is 5.82. The molecule has 128 valence electrons. The number of aryl methyl sites for hydroxylation is 1. The van der Waals surface area contributed by atoms with Crippen LogP contribution in [0.1, 0.15) is 28.1 Å². The molecule has 3 rings (SSSR count). The lowest BCUT2D eigenvalue weighted by Gasteiger charge is -2.08. The molecule has 0 aliphatic heterocycles. The Bertz CT molecular complexity index is 786. The van der Waals surface area contributed by atoms with Gasteiger partial charge in [0.05, 0.1) is 12.8 Å². The summed E-state index contributed by atoms with van der Waals surface area (Å²) in [5.74, 6) is 1.28. The Morgan fingerprint density at radius 3 is 2.76 bits per heavy atom. The highest BCUT2D eigenvalue weighted by Crippen LogP contribution is 2.09. The molecule has 0 bridgehead atoms. The number of rotatable bonds is 8. The Hall–Kier alpha value is -3.08. The van der Waals surface area contributed by atoms with Crippen LogP contribution >= 0.6 is 0 Å². The van der Waals surface area contributed by atoms with Crippen LogP contribution in [0.15, 0.2) is 71.5 Å². The fraction of sp³-hybridized carbons (Fsp3) is 0.200. The molecule has 0 fully saturated rings. The molecule has 3 aromatic rings. The van der Waals surface area contributed by atoms with Crippen molar-refractivity contribution in [1.29, 1.82) is 0 Å². The number of furan rings is 1. The van der Waals surface area contributed by atoms with Crippen LogP contribution in [-0.4, -0.2) is 17.4 Å². The molecule has 2 N–H and O–H groups in total. The lowest BCUT2D eigenvalue weighted by atomic mass is 10.1. The number of hydrogen-bond acceptors (Lipinski definition) is 4. The number of benzene rings is 1. The zero-order chi connectivity index (χ0) is 17.3. The van der Waals surface area contributed by atoms with Gasteiger partial charge in [0.25, 0.3) is 5.91 Å². The molecule has 25 heavy (non-hydrogen) atoms. The molecule has 0 atom stereocenters. The first kappa shape index (κ1) is 16.8. The van der Waals surface area contributed by atoms with Crippen LogP contribution in [0.2, 0.25) is 0 Å². The molecule has 0 unspecified atom stereocenters. The van der Waals surface area contributed by atoms with Crippen LogP contribution < -0.4 is 10.6 Å². The highest BCUT2D eigenvalue weighted by Gasteiger charge is 2.07. The average Bonchev–Trinajstić information content (AvgIpc) is 3.18. The molecular weight excluding hydrogens is 314 g/mol. The second-order valence-corrected chi connectivity index (χ2v) is 5.71. The molecule has 2 aromatic heterocycles. The Morgan fingerprint density at radius 1 is 1.08 bits per heavy atom. The van der Waals surface area contributed by atoms with Gasteiger partial charge in [0, 0.05) is 18.3 Å². The maximum Gasteiger partial charge on any atom is 0.251 e. The van der Waals surface area contributed by atoms with Crippen molar-refractivity contribution < 1.29 is 9.21 Å². The van der Waals surface area contributed by atoms with E-state index in [1.54, 1.807) is 30.7 Å². The minimum absolute atomic E-state index is 0.147. The Morgan fingerprint density at radius 2 is 1.96 bits per heavy atom. The first-order valence-corrected chi connectivity index (χ1v) is 8.36. The number of pyridine rings is 1. The normalized spacial score (nSPS) is 10.4. The van der Waals surface area contributed by atoms with Crippen LogP contribution in [0.5, 0.6) is 0 Å². The van der Waals surface area contributed by atoms with Gasteiger partial charge in [0.1, 0.15) is 11.6 Å². The van der Waals surface area contributed by atoms with E-state index < -0.39 is 0 Å². The number of carbonyl (C=O) groups excluding carboxylic acids is 1. The highest BCUT2D eigenvalue weighted by atomic mass is 16.3. The van der Waals surface area contributed by atoms with E-state index in [2.05, 4.69) is 39.9 Å². The van der Waals surface area contributed by atoms with Gasteiger partial charge in [-0.15, -0.1) is 0 Å². The van der Waals surface area contributed by atoms with Gasteiger partial charge in [-0.1, -0.05) is 30.3 Å². The van der Waals surface area contributed by atoms with E-state index in [9.17, 15) is 4.79 Å². The summed E-state index contributed by atoms with van der Waals surface area (Å²) in [6.45, 7) is 1.17. The third-order valence-corrected chi connectivity index (χ3v) is 3.82. The van der Waals surface area contributed by atoms with Gasteiger partial charge < -0.3 is 15.1 Å². The van der Waals surface area contributed by atoms with Crippen LogP contribution in [0.25, 0.3) is 0 Å². The molecule has 2 heterocycles. The third-order valence-electron chi connectivity index (χ3n) is 3.82. The van der Waals surface area contributed by atoms with Crippen LogP contribution in [0.3, 0.4) is 0 Å². The molecule has 0 radical (unpaired) electrons. The summed E-state index contributed by atoms with van der Waals surface area (Å²) < 4.78 is 5.21. The fourth-order valence-corrected chi connectivity index (χ4v) is 2.50. The van der Waals surface area contributed by atoms with E-state index in [1.807, 2.05) is 12.1 Å². The van der Waals surface area contributed by atoms with Crippen molar-refractivity contribution in [2.75, 3.05) is 11.9 Å². The monoisotopic (exact) mass is 335 g/mol. The van der Waals surface area contributed by atoms with Crippen LogP contribution in [-0.2, 0) is 13.0 Å². The largest absolute Gasteiger partial charge is 0.467 e. The molecular formula is C20H21N3O2. The van der Waals surface area contributed by atoms with E-state index in [0.717, 1.165) is 25.1 Å². The van der Waals surface area contributed by atoms with Crippen molar-refractivity contribution in [3.63, 3.8) is 0 Å². The van der Waals surface area contributed by atoms with Gasteiger partial charge in [-0.05, 0) is 42.7 Å². The van der Waals surface area contributed by atoms with Crippen molar-refractivity contribution >= 4 is 11.7 Å². The highest BCUT2D eigenvalue weighted by molar-refractivity contribution is 5.94. The first-order valence-electron chi connectivity index (χ1n) is 8.36. The quantitative estimate of drug-likeness (QED) is 0.617. The SMILES string of the molecule is O=C(NCc1ccco1)c1ccnc(NCCCc2ccccc2)c1. The predicted octanol–water partition coefficient (Wildman–Crippen LogP) is 3.65. The molecule has 0 saturated carbocycles. The van der Waals surface area contributed by atoms with Crippen LogP contribution in [0, 0.1) is 0 Å². The van der Waals surface area contributed by atoms with Crippen molar-refractivity contribution in [1.82, 2.24) is 10.3 Å². The Balaban J connectivity index is 1.46. The molecule has 0 aliphatic rings. The summed E-state index contributed by atoms with van der Waals surface area (Å²) in [6.07, 6.45) is 5.24. The minimum Gasteiger partial charge on any atom is -0.467 e. The van der Waals surface area contributed by atoms with Gasteiger partial charge in [0.2, 0.25) is 0 Å². The van der Waals surface area contributed by atoms with Gasteiger partial charge in [-0.25, -0.2) is 4.98 Å². The predicted molar refractivity (Wildman–Crippen MR) is 97.4 cm³/mol. The van der Waals surface area contributed by atoms with E-state index in [1.165, 1.54) is 5.56 Å². The van der Waals surface area contributed by atoms with Gasteiger partial charge >= 0.3 is 0 Å². The topological polar surface area (TPSA) is 67.2 Å². The number of nitrogens with zero attached hydrogens (tertiary/aromatic N) is 1. The second kappa shape index (κ2) is 8.68. The third kappa shape index (κ3) is 5.21. The summed E-state index contributed by atoms with van der Waals surface area (Å²) in [4.78, 5) is 16.5. The summed E-state index contributed by atoms with van der Waals surface area (Å²) in [7, 11) is 0. The Labute approximate surface area is 147 Å². The summed E-state index contributed by atoms with van der Waals surface area (Å²) >= 11 is 0. The molecule has 0 saturated heterocycles. The minimum atomic E-state index is -0.147. The van der Waals surface area contributed by atoms with Gasteiger partial charge in [-0.3, -0.25) is 4.79 Å². The average molecular weight is 335 g/mol. The maximum atomic E-state index is 12.2. The molecule has 5 nitrogen and oxygen atoms in total. The van der Waals surface area contributed by atoms with Crippen molar-refractivity contribution in [2.24, 2.45) is 0 Å². The summed E-state index contributed by atoms with van der Waals surface area (Å²) in [5.41, 5.74) is 1.90. The van der Waals surface area contributed by atoms with E-state index >= 15 is 0 Å². The second-order valence-electron chi connectivity index (χ2n) is 5.71. The zero-order valence-electron chi connectivity index (χ0n) is 13.9. The van der Waals surface area contributed by atoms with Crippen molar-refractivity contribution in [3.05, 3.63) is 83.9 Å².